The van der Waals surface area contributed by atoms with Crippen molar-refractivity contribution in [1.29, 1.82) is 0 Å². The zero-order chi connectivity index (χ0) is 21.8. The summed E-state index contributed by atoms with van der Waals surface area (Å²) in [5.41, 5.74) is 2.11. The number of hydrogen-bond donors (Lipinski definition) is 2. The molecule has 1 saturated heterocycles. The molecule has 156 valence electrons. The highest BCUT2D eigenvalue weighted by molar-refractivity contribution is 8.26. The molecule has 2 heterocycles. The van der Waals surface area contributed by atoms with Gasteiger partial charge < -0.3 is 14.6 Å². The van der Waals surface area contributed by atoms with E-state index in [0.29, 0.717) is 11.5 Å². The Labute approximate surface area is 182 Å². The predicted molar refractivity (Wildman–Crippen MR) is 117 cm³/mol. The molecule has 0 aliphatic carbocycles. The van der Waals surface area contributed by atoms with E-state index in [-0.39, 0.29) is 22.1 Å². The van der Waals surface area contributed by atoms with Crippen LogP contribution >= 0.6 is 24.0 Å². The quantitative estimate of drug-likeness (QED) is 0.463. The zero-order valence-electron chi connectivity index (χ0n) is 16.0. The third kappa shape index (κ3) is 4.80. The maximum atomic E-state index is 12.8. The van der Waals surface area contributed by atoms with Gasteiger partial charge in [0.15, 0.2) is 0 Å². The SMILES string of the molecule is CCc1ccc(-c2ccc(C=C3SC(=S)N(C(CCC(=O)O)C(=O)O)C3=O)o2)cc1. The summed E-state index contributed by atoms with van der Waals surface area (Å²) in [6, 6.07) is 10.1. The van der Waals surface area contributed by atoms with Crippen LogP contribution in [0.25, 0.3) is 17.4 Å². The molecule has 1 aromatic heterocycles. The molecule has 3 rings (SSSR count). The molecule has 1 aliphatic heterocycles. The Hall–Kier alpha value is -2.91. The van der Waals surface area contributed by atoms with Crippen molar-refractivity contribution in [2.24, 2.45) is 0 Å². The molecule has 1 fully saturated rings. The maximum Gasteiger partial charge on any atom is 0.326 e. The minimum absolute atomic E-state index is 0.0750. The fourth-order valence-electron chi connectivity index (χ4n) is 2.99. The van der Waals surface area contributed by atoms with Crippen LogP contribution in [0.3, 0.4) is 0 Å². The van der Waals surface area contributed by atoms with Crippen LogP contribution in [0.4, 0.5) is 0 Å². The minimum Gasteiger partial charge on any atom is -0.481 e. The number of carbonyl (C=O) groups excluding carboxylic acids is 1. The van der Waals surface area contributed by atoms with E-state index >= 15 is 0 Å². The molecule has 0 saturated carbocycles. The van der Waals surface area contributed by atoms with Gasteiger partial charge in [-0.25, -0.2) is 4.79 Å². The summed E-state index contributed by atoms with van der Waals surface area (Å²) in [5.74, 6) is -1.94. The van der Waals surface area contributed by atoms with E-state index in [1.807, 2.05) is 24.3 Å². The number of aliphatic carboxylic acids is 2. The molecule has 1 unspecified atom stereocenters. The summed E-state index contributed by atoms with van der Waals surface area (Å²) in [4.78, 5) is 36.3. The van der Waals surface area contributed by atoms with Gasteiger partial charge in [0.05, 0.1) is 4.91 Å². The number of carbonyl (C=O) groups is 3. The summed E-state index contributed by atoms with van der Waals surface area (Å²) in [6.45, 7) is 2.08. The predicted octanol–water partition coefficient (Wildman–Crippen LogP) is 4.03. The Morgan fingerprint density at radius 2 is 1.90 bits per heavy atom. The van der Waals surface area contributed by atoms with Gasteiger partial charge in [-0.15, -0.1) is 0 Å². The van der Waals surface area contributed by atoms with Gasteiger partial charge in [-0.3, -0.25) is 14.5 Å². The molecular weight excluding hydrogens is 426 g/mol. The van der Waals surface area contributed by atoms with Gasteiger partial charge in [0.2, 0.25) is 0 Å². The summed E-state index contributed by atoms with van der Waals surface area (Å²) in [7, 11) is 0. The monoisotopic (exact) mass is 445 g/mol. The Kier molecular flexibility index (Phi) is 6.73. The van der Waals surface area contributed by atoms with Crippen LogP contribution in [0.2, 0.25) is 0 Å². The normalized spacial score (nSPS) is 16.3. The number of furan rings is 1. The molecule has 2 N–H and O–H groups in total. The fourth-order valence-corrected chi connectivity index (χ4v) is 4.33. The lowest BCUT2D eigenvalue weighted by atomic mass is 10.1. The second kappa shape index (κ2) is 9.27. The number of carboxylic acids is 2. The van der Waals surface area contributed by atoms with Crippen molar-refractivity contribution in [2.45, 2.75) is 32.2 Å². The van der Waals surface area contributed by atoms with Gasteiger partial charge in [-0.1, -0.05) is 55.2 Å². The fraction of sp³-hybridized carbons (Fsp3) is 0.238. The van der Waals surface area contributed by atoms with E-state index < -0.39 is 23.9 Å². The molecule has 1 aromatic carbocycles. The summed E-state index contributed by atoms with van der Waals surface area (Å²) >= 11 is 6.14. The number of benzene rings is 1. The van der Waals surface area contributed by atoms with E-state index in [0.717, 1.165) is 28.6 Å². The van der Waals surface area contributed by atoms with E-state index in [1.165, 1.54) is 11.6 Å². The van der Waals surface area contributed by atoms with E-state index in [4.69, 9.17) is 21.7 Å². The van der Waals surface area contributed by atoms with Crippen LogP contribution in [0.15, 0.2) is 45.7 Å². The first-order valence-electron chi connectivity index (χ1n) is 9.21. The number of thiocarbonyl (C=S) groups is 1. The molecule has 2 aromatic rings. The average Bonchev–Trinajstić information content (AvgIpc) is 3.28. The highest BCUT2D eigenvalue weighted by Gasteiger charge is 2.40. The maximum absolute atomic E-state index is 12.8. The Morgan fingerprint density at radius 1 is 1.20 bits per heavy atom. The van der Waals surface area contributed by atoms with Crippen molar-refractivity contribution >= 4 is 52.2 Å². The van der Waals surface area contributed by atoms with E-state index in [1.54, 1.807) is 12.1 Å². The molecule has 1 atom stereocenters. The first kappa shape index (κ1) is 21.8. The van der Waals surface area contributed by atoms with Gasteiger partial charge in [0.1, 0.15) is 21.9 Å². The number of amides is 1. The van der Waals surface area contributed by atoms with Crippen molar-refractivity contribution < 1.29 is 29.0 Å². The topological polar surface area (TPSA) is 108 Å². The third-order valence-electron chi connectivity index (χ3n) is 4.60. The first-order valence-corrected chi connectivity index (χ1v) is 10.4. The van der Waals surface area contributed by atoms with Crippen molar-refractivity contribution in [3.63, 3.8) is 0 Å². The minimum atomic E-state index is -1.33. The lowest BCUT2D eigenvalue weighted by Gasteiger charge is -2.22. The molecular formula is C21H19NO6S2. The molecule has 30 heavy (non-hydrogen) atoms. The summed E-state index contributed by atoms with van der Waals surface area (Å²) < 4.78 is 5.89. The number of hydrogen-bond acceptors (Lipinski definition) is 6. The molecule has 1 amide bonds. The second-order valence-electron chi connectivity index (χ2n) is 6.59. The van der Waals surface area contributed by atoms with Gasteiger partial charge in [0, 0.05) is 18.1 Å². The third-order valence-corrected chi connectivity index (χ3v) is 5.93. The second-order valence-corrected chi connectivity index (χ2v) is 8.27. The van der Waals surface area contributed by atoms with Crippen molar-refractivity contribution in [2.75, 3.05) is 0 Å². The zero-order valence-corrected chi connectivity index (χ0v) is 17.7. The highest BCUT2D eigenvalue weighted by Crippen LogP contribution is 2.35. The highest BCUT2D eigenvalue weighted by atomic mass is 32.2. The van der Waals surface area contributed by atoms with Crippen molar-refractivity contribution in [1.82, 2.24) is 4.90 Å². The standard InChI is InChI=1S/C21H19NO6S2/c1-2-12-3-5-13(6-4-12)16-9-7-14(28-16)11-17-19(25)22(21(29)30-17)15(20(26)27)8-10-18(23)24/h3-7,9,11,15H,2,8,10H2,1H3,(H,23,24)(H,26,27). The van der Waals surface area contributed by atoms with Gasteiger partial charge in [-0.05, 0) is 30.5 Å². The summed E-state index contributed by atoms with van der Waals surface area (Å²) in [5, 5.41) is 18.3. The number of nitrogens with zero attached hydrogens (tertiary/aromatic N) is 1. The molecule has 7 nitrogen and oxygen atoms in total. The lowest BCUT2D eigenvalue weighted by Crippen LogP contribution is -2.44. The van der Waals surface area contributed by atoms with Crippen molar-refractivity contribution in [3.05, 3.63) is 52.6 Å². The molecule has 1 aliphatic rings. The smallest absolute Gasteiger partial charge is 0.326 e. The van der Waals surface area contributed by atoms with Crippen LogP contribution in [-0.4, -0.2) is 43.3 Å². The molecule has 0 spiro atoms. The molecule has 0 bridgehead atoms. The van der Waals surface area contributed by atoms with Crippen LogP contribution in [0.1, 0.15) is 31.1 Å². The van der Waals surface area contributed by atoms with Crippen LogP contribution in [-0.2, 0) is 20.8 Å². The Bertz CT molecular complexity index is 1020. The molecule has 0 radical (unpaired) electrons. The van der Waals surface area contributed by atoms with Gasteiger partial charge >= 0.3 is 11.9 Å². The Balaban J connectivity index is 1.80. The van der Waals surface area contributed by atoms with Gasteiger partial charge in [-0.2, -0.15) is 0 Å². The van der Waals surface area contributed by atoms with Crippen LogP contribution in [0, 0.1) is 0 Å². The van der Waals surface area contributed by atoms with E-state index in [9.17, 15) is 19.5 Å². The Morgan fingerprint density at radius 3 is 2.50 bits per heavy atom. The number of aryl methyl sites for hydroxylation is 1. The number of carboxylic acid groups (broad SMARTS) is 2. The number of thioether (sulfide) groups is 1. The summed E-state index contributed by atoms with van der Waals surface area (Å²) in [6.07, 6.45) is 1.84. The average molecular weight is 446 g/mol. The lowest BCUT2D eigenvalue weighted by molar-refractivity contribution is -0.146. The van der Waals surface area contributed by atoms with Crippen molar-refractivity contribution in [3.8, 4) is 11.3 Å². The van der Waals surface area contributed by atoms with Crippen LogP contribution in [0.5, 0.6) is 0 Å². The van der Waals surface area contributed by atoms with Gasteiger partial charge in [0.25, 0.3) is 5.91 Å². The van der Waals surface area contributed by atoms with Crippen LogP contribution < -0.4 is 0 Å². The first-order chi connectivity index (χ1) is 14.3. The largest absolute Gasteiger partial charge is 0.481 e. The van der Waals surface area contributed by atoms with E-state index in [2.05, 4.69) is 6.92 Å². The number of rotatable bonds is 8. The molecule has 9 heteroatoms.